The molecule has 26 heavy (non-hydrogen) atoms. The molecule has 1 heterocycles. The van der Waals surface area contributed by atoms with Gasteiger partial charge in [0.25, 0.3) is 0 Å². The topological polar surface area (TPSA) is 60.9 Å². The molecule has 2 aliphatic carbocycles. The summed E-state index contributed by atoms with van der Waals surface area (Å²) in [5.41, 5.74) is 2.57. The van der Waals surface area contributed by atoms with Gasteiger partial charge < -0.3 is 10.0 Å². The highest BCUT2D eigenvalue weighted by molar-refractivity contribution is 5.86. The summed E-state index contributed by atoms with van der Waals surface area (Å²) >= 11 is 0. The van der Waals surface area contributed by atoms with E-state index in [0.717, 1.165) is 38.9 Å². The van der Waals surface area contributed by atoms with Crippen LogP contribution in [0.3, 0.4) is 0 Å². The number of hydrogen-bond donors (Lipinski definition) is 1. The molecule has 1 amide bonds. The number of rotatable bonds is 4. The van der Waals surface area contributed by atoms with Gasteiger partial charge in [0.1, 0.15) is 0 Å². The molecule has 1 aromatic carbocycles. The normalized spacial score (nSPS) is 31.3. The van der Waals surface area contributed by atoms with E-state index in [4.69, 9.17) is 0 Å². The van der Waals surface area contributed by atoms with Crippen molar-refractivity contribution in [1.29, 1.82) is 0 Å². The van der Waals surface area contributed by atoms with Gasteiger partial charge in [-0.15, -0.1) is 0 Å². The van der Waals surface area contributed by atoms with Gasteiger partial charge >= 0.3 is 5.97 Å². The molecule has 2 saturated carbocycles. The fourth-order valence-electron chi connectivity index (χ4n) is 5.29. The number of piperazine rings is 1. The minimum atomic E-state index is -0.770. The van der Waals surface area contributed by atoms with Crippen LogP contribution in [0.5, 0.6) is 0 Å². The lowest BCUT2D eigenvalue weighted by Crippen LogP contribution is -2.52. The molecule has 140 valence electrons. The number of carboxylic acid groups (broad SMARTS) is 1. The van der Waals surface area contributed by atoms with E-state index in [1.165, 1.54) is 11.1 Å². The van der Waals surface area contributed by atoms with E-state index in [9.17, 15) is 14.7 Å². The minimum Gasteiger partial charge on any atom is -0.481 e. The Hall–Kier alpha value is -1.88. The largest absolute Gasteiger partial charge is 0.481 e. The number of fused-ring (bicyclic) bond motifs is 2. The second-order valence-corrected chi connectivity index (χ2v) is 8.31. The van der Waals surface area contributed by atoms with Gasteiger partial charge in [0.2, 0.25) is 5.91 Å². The molecule has 1 N–H and O–H groups in total. The van der Waals surface area contributed by atoms with Crippen molar-refractivity contribution in [3.05, 3.63) is 35.4 Å². The third-order valence-corrected chi connectivity index (χ3v) is 6.70. The molecule has 3 fully saturated rings. The van der Waals surface area contributed by atoms with Crippen molar-refractivity contribution in [3.63, 3.8) is 0 Å². The summed E-state index contributed by atoms with van der Waals surface area (Å²) in [4.78, 5) is 29.0. The Morgan fingerprint density at radius 2 is 1.62 bits per heavy atom. The van der Waals surface area contributed by atoms with Crippen molar-refractivity contribution in [3.8, 4) is 0 Å². The predicted octanol–water partition coefficient (Wildman–Crippen LogP) is 2.39. The summed E-state index contributed by atoms with van der Waals surface area (Å²) in [6, 6.07) is 8.60. The number of amides is 1. The summed E-state index contributed by atoms with van der Waals surface area (Å²) in [5.74, 6) is -0.900. The van der Waals surface area contributed by atoms with Crippen molar-refractivity contribution in [2.45, 2.75) is 32.7 Å². The summed E-state index contributed by atoms with van der Waals surface area (Å²) in [6.07, 6.45) is 2.94. The molecule has 0 aromatic heterocycles. The lowest BCUT2D eigenvalue weighted by Gasteiger charge is -2.38. The maximum absolute atomic E-state index is 13.1. The number of hydrogen-bond acceptors (Lipinski definition) is 3. The lowest BCUT2D eigenvalue weighted by molar-refractivity contribution is -0.153. The Morgan fingerprint density at radius 3 is 2.23 bits per heavy atom. The zero-order chi connectivity index (χ0) is 18.3. The van der Waals surface area contributed by atoms with Crippen molar-refractivity contribution in [1.82, 2.24) is 9.80 Å². The van der Waals surface area contributed by atoms with Crippen LogP contribution in [0, 0.1) is 30.6 Å². The molecule has 1 saturated heterocycles. The molecule has 3 aliphatic rings. The van der Waals surface area contributed by atoms with E-state index in [1.54, 1.807) is 0 Å². The average molecular weight is 356 g/mol. The number of aryl methyl sites for hydroxylation is 1. The zero-order valence-electron chi connectivity index (χ0n) is 15.4. The van der Waals surface area contributed by atoms with Crippen LogP contribution in [0.1, 0.15) is 30.4 Å². The molecule has 1 aliphatic heterocycles. The van der Waals surface area contributed by atoms with Crippen LogP contribution in [-0.2, 0) is 16.1 Å². The molecule has 0 radical (unpaired) electrons. The van der Waals surface area contributed by atoms with Gasteiger partial charge in [-0.2, -0.15) is 0 Å². The van der Waals surface area contributed by atoms with Gasteiger partial charge in [-0.1, -0.05) is 29.8 Å². The van der Waals surface area contributed by atoms with E-state index in [0.29, 0.717) is 19.0 Å². The smallest absolute Gasteiger partial charge is 0.307 e. The van der Waals surface area contributed by atoms with Crippen LogP contribution in [0.25, 0.3) is 0 Å². The van der Waals surface area contributed by atoms with Gasteiger partial charge in [-0.3, -0.25) is 14.5 Å². The maximum atomic E-state index is 13.1. The first-order valence-corrected chi connectivity index (χ1v) is 9.82. The Bertz CT molecular complexity index is 679. The van der Waals surface area contributed by atoms with Gasteiger partial charge in [0, 0.05) is 32.7 Å². The summed E-state index contributed by atoms with van der Waals surface area (Å²) < 4.78 is 0. The second-order valence-electron chi connectivity index (χ2n) is 8.31. The van der Waals surface area contributed by atoms with E-state index >= 15 is 0 Å². The number of nitrogens with zero attached hydrogens (tertiary/aromatic N) is 2. The third-order valence-electron chi connectivity index (χ3n) is 6.70. The third kappa shape index (κ3) is 3.25. The Kier molecular flexibility index (Phi) is 4.74. The Morgan fingerprint density at radius 1 is 1.00 bits per heavy atom. The molecule has 4 rings (SSSR count). The second kappa shape index (κ2) is 7.03. The summed E-state index contributed by atoms with van der Waals surface area (Å²) in [7, 11) is 0. The molecule has 5 heteroatoms. The highest BCUT2D eigenvalue weighted by Crippen LogP contribution is 2.53. The van der Waals surface area contributed by atoms with E-state index in [2.05, 4.69) is 36.1 Å². The number of carbonyl (C=O) groups excluding carboxylic acids is 1. The Labute approximate surface area is 155 Å². The number of carbonyl (C=O) groups is 2. The molecular formula is C21H28N2O3. The number of benzene rings is 1. The fourth-order valence-corrected chi connectivity index (χ4v) is 5.29. The van der Waals surface area contributed by atoms with E-state index in [-0.39, 0.29) is 17.7 Å². The first-order chi connectivity index (χ1) is 12.5. The molecule has 4 atom stereocenters. The number of aliphatic carboxylic acids is 1. The maximum Gasteiger partial charge on any atom is 0.307 e. The highest BCUT2D eigenvalue weighted by atomic mass is 16.4. The molecule has 2 bridgehead atoms. The first kappa shape index (κ1) is 17.5. The zero-order valence-corrected chi connectivity index (χ0v) is 15.4. The molecule has 5 nitrogen and oxygen atoms in total. The quantitative estimate of drug-likeness (QED) is 0.900. The van der Waals surface area contributed by atoms with Gasteiger partial charge in [-0.25, -0.2) is 0 Å². The van der Waals surface area contributed by atoms with Crippen LogP contribution in [0.4, 0.5) is 0 Å². The molecule has 0 spiro atoms. The summed E-state index contributed by atoms with van der Waals surface area (Å²) in [6.45, 7) is 6.15. The lowest BCUT2D eigenvalue weighted by atomic mass is 9.78. The van der Waals surface area contributed by atoms with Crippen LogP contribution >= 0.6 is 0 Å². The van der Waals surface area contributed by atoms with Crippen molar-refractivity contribution >= 4 is 11.9 Å². The SMILES string of the molecule is Cc1ccc(CN2CCN(C(=O)C3C4CCC(C4)C3C(=O)O)CC2)cc1. The van der Waals surface area contributed by atoms with Crippen LogP contribution in [0.15, 0.2) is 24.3 Å². The van der Waals surface area contributed by atoms with E-state index in [1.807, 2.05) is 4.90 Å². The van der Waals surface area contributed by atoms with Crippen molar-refractivity contribution in [2.75, 3.05) is 26.2 Å². The molecule has 1 aromatic rings. The summed E-state index contributed by atoms with van der Waals surface area (Å²) in [5, 5.41) is 9.60. The minimum absolute atomic E-state index is 0.0968. The van der Waals surface area contributed by atoms with Gasteiger partial charge in [-0.05, 0) is 43.6 Å². The number of carboxylic acids is 1. The van der Waals surface area contributed by atoms with Crippen LogP contribution in [0.2, 0.25) is 0 Å². The first-order valence-electron chi connectivity index (χ1n) is 9.82. The van der Waals surface area contributed by atoms with Crippen LogP contribution in [-0.4, -0.2) is 53.0 Å². The van der Waals surface area contributed by atoms with Crippen molar-refractivity contribution in [2.24, 2.45) is 23.7 Å². The predicted molar refractivity (Wildman–Crippen MR) is 98.5 cm³/mol. The fraction of sp³-hybridized carbons (Fsp3) is 0.619. The van der Waals surface area contributed by atoms with Crippen molar-refractivity contribution < 1.29 is 14.7 Å². The molecular weight excluding hydrogens is 328 g/mol. The van der Waals surface area contributed by atoms with Crippen LogP contribution < -0.4 is 0 Å². The highest BCUT2D eigenvalue weighted by Gasteiger charge is 2.54. The van der Waals surface area contributed by atoms with Gasteiger partial charge in [0.15, 0.2) is 0 Å². The van der Waals surface area contributed by atoms with Gasteiger partial charge in [0.05, 0.1) is 11.8 Å². The Balaban J connectivity index is 1.35. The standard InChI is InChI=1S/C21H28N2O3/c1-14-2-4-15(5-3-14)13-22-8-10-23(11-9-22)20(24)18-16-6-7-17(12-16)19(18)21(25)26/h2-5,16-19H,6-13H2,1H3,(H,25,26). The van der Waals surface area contributed by atoms with E-state index < -0.39 is 11.9 Å². The average Bonchev–Trinajstić information content (AvgIpc) is 3.25. The monoisotopic (exact) mass is 356 g/mol. The molecule has 4 unspecified atom stereocenters.